The van der Waals surface area contributed by atoms with Crippen LogP contribution in [0.25, 0.3) is 0 Å². The number of halogens is 1. The predicted molar refractivity (Wildman–Crippen MR) is 64.7 cm³/mol. The summed E-state index contributed by atoms with van der Waals surface area (Å²) in [6.07, 6.45) is 0.880. The van der Waals surface area contributed by atoms with Gasteiger partial charge in [0.15, 0.2) is 5.78 Å². The highest BCUT2D eigenvalue weighted by molar-refractivity contribution is 5.97. The van der Waals surface area contributed by atoms with Gasteiger partial charge in [-0.2, -0.15) is 0 Å². The molecule has 0 saturated heterocycles. The molecule has 17 heavy (non-hydrogen) atoms. The molecule has 0 bridgehead atoms. The fourth-order valence-corrected chi connectivity index (χ4v) is 1.38. The van der Waals surface area contributed by atoms with Crippen molar-refractivity contribution in [2.75, 3.05) is 26.3 Å². The largest absolute Gasteiger partial charge is 0.382 e. The van der Waals surface area contributed by atoms with E-state index in [4.69, 9.17) is 4.74 Å². The molecule has 1 rings (SSSR count). The molecule has 0 aliphatic heterocycles. The molecule has 0 aromatic heterocycles. The molecule has 0 amide bonds. The quantitative estimate of drug-likeness (QED) is 0.557. The Balaban J connectivity index is 2.19. The van der Waals surface area contributed by atoms with E-state index < -0.39 is 0 Å². The number of carbonyl (C=O) groups is 1. The molecule has 0 fully saturated rings. The first-order valence-electron chi connectivity index (χ1n) is 5.81. The average molecular weight is 239 g/mol. The molecule has 4 heteroatoms. The molecule has 1 aromatic carbocycles. The number of hydrogen-bond acceptors (Lipinski definition) is 3. The molecule has 0 unspecified atom stereocenters. The highest BCUT2D eigenvalue weighted by Crippen LogP contribution is 2.02. The van der Waals surface area contributed by atoms with Crippen molar-refractivity contribution in [1.82, 2.24) is 5.32 Å². The van der Waals surface area contributed by atoms with E-state index in [1.807, 2.05) is 6.92 Å². The van der Waals surface area contributed by atoms with Crippen molar-refractivity contribution >= 4 is 5.78 Å². The molecule has 94 valence electrons. The summed E-state index contributed by atoms with van der Waals surface area (Å²) in [6.45, 7) is 4.39. The van der Waals surface area contributed by atoms with E-state index in [1.54, 1.807) is 0 Å². The van der Waals surface area contributed by atoms with Gasteiger partial charge in [0.2, 0.25) is 0 Å². The van der Waals surface area contributed by atoms with Gasteiger partial charge < -0.3 is 10.1 Å². The van der Waals surface area contributed by atoms with Crippen LogP contribution in [-0.2, 0) is 4.74 Å². The summed E-state index contributed by atoms with van der Waals surface area (Å²) in [6, 6.07) is 5.59. The summed E-state index contributed by atoms with van der Waals surface area (Å²) in [5.41, 5.74) is 0.531. The lowest BCUT2D eigenvalue weighted by molar-refractivity contribution is 0.0988. The van der Waals surface area contributed by atoms with Gasteiger partial charge >= 0.3 is 0 Å². The Morgan fingerprint density at radius 3 is 2.71 bits per heavy atom. The summed E-state index contributed by atoms with van der Waals surface area (Å²) in [5, 5.41) is 3.03. The summed E-state index contributed by atoms with van der Waals surface area (Å²) >= 11 is 0. The van der Waals surface area contributed by atoms with Crippen molar-refractivity contribution in [2.24, 2.45) is 0 Å². The van der Waals surface area contributed by atoms with E-state index >= 15 is 0 Å². The molecule has 3 nitrogen and oxygen atoms in total. The molecule has 0 heterocycles. The molecule has 0 aliphatic carbocycles. The van der Waals surface area contributed by atoms with E-state index in [0.717, 1.165) is 13.0 Å². The van der Waals surface area contributed by atoms with E-state index in [0.29, 0.717) is 18.8 Å². The normalized spacial score (nSPS) is 10.5. The Hall–Kier alpha value is -1.26. The number of Topliss-reactive ketones (excluding diaryl/α,β-unsaturated/α-hetero) is 1. The summed E-state index contributed by atoms with van der Waals surface area (Å²) in [7, 11) is 0. The third kappa shape index (κ3) is 5.56. The number of ether oxygens (including phenoxy) is 1. The zero-order valence-corrected chi connectivity index (χ0v) is 10.0. The number of ketones is 1. The number of carbonyl (C=O) groups excluding carboxylic acids is 1. The maximum atomic E-state index is 12.6. The van der Waals surface area contributed by atoms with E-state index in [1.165, 1.54) is 24.3 Å². The van der Waals surface area contributed by atoms with Crippen molar-refractivity contribution in [3.05, 3.63) is 35.6 Å². The molecule has 1 aromatic rings. The number of rotatable bonds is 8. The second-order valence-electron chi connectivity index (χ2n) is 3.66. The molecular weight excluding hydrogens is 221 g/mol. The van der Waals surface area contributed by atoms with Gasteiger partial charge in [-0.25, -0.2) is 4.39 Å². The SMILES string of the molecule is CCOCCCNCC(=O)c1ccc(F)cc1. The summed E-state index contributed by atoms with van der Waals surface area (Å²) in [4.78, 5) is 11.6. The Labute approximate surface area is 101 Å². The Morgan fingerprint density at radius 2 is 2.06 bits per heavy atom. The van der Waals surface area contributed by atoms with Crippen LogP contribution in [0, 0.1) is 5.82 Å². The van der Waals surface area contributed by atoms with Crippen LogP contribution >= 0.6 is 0 Å². The minimum atomic E-state index is -0.328. The van der Waals surface area contributed by atoms with Crippen LogP contribution in [0.2, 0.25) is 0 Å². The second-order valence-corrected chi connectivity index (χ2v) is 3.66. The number of nitrogens with one attached hydrogen (secondary N) is 1. The smallest absolute Gasteiger partial charge is 0.176 e. The zero-order valence-electron chi connectivity index (χ0n) is 10.0. The fourth-order valence-electron chi connectivity index (χ4n) is 1.38. The second kappa shape index (κ2) is 7.92. The Morgan fingerprint density at radius 1 is 1.35 bits per heavy atom. The Bertz CT molecular complexity index is 338. The Kier molecular flexibility index (Phi) is 6.43. The lowest BCUT2D eigenvalue weighted by Crippen LogP contribution is -2.24. The van der Waals surface area contributed by atoms with E-state index in [-0.39, 0.29) is 18.1 Å². The van der Waals surface area contributed by atoms with Crippen molar-refractivity contribution in [1.29, 1.82) is 0 Å². The van der Waals surface area contributed by atoms with Crippen LogP contribution in [0.5, 0.6) is 0 Å². The minimum Gasteiger partial charge on any atom is -0.382 e. The molecule has 1 N–H and O–H groups in total. The van der Waals surface area contributed by atoms with Gasteiger partial charge in [0, 0.05) is 18.8 Å². The summed E-state index contributed by atoms with van der Waals surface area (Å²) < 4.78 is 17.8. The van der Waals surface area contributed by atoms with E-state index in [9.17, 15) is 9.18 Å². The topological polar surface area (TPSA) is 38.3 Å². The highest BCUT2D eigenvalue weighted by Gasteiger charge is 2.04. The van der Waals surface area contributed by atoms with Crippen LogP contribution < -0.4 is 5.32 Å². The molecule has 0 atom stereocenters. The van der Waals surface area contributed by atoms with Crippen molar-refractivity contribution < 1.29 is 13.9 Å². The molecular formula is C13H18FNO2. The zero-order chi connectivity index (χ0) is 12.5. The van der Waals surface area contributed by atoms with Crippen LogP contribution in [0.15, 0.2) is 24.3 Å². The monoisotopic (exact) mass is 239 g/mol. The van der Waals surface area contributed by atoms with Crippen molar-refractivity contribution in [3.8, 4) is 0 Å². The van der Waals surface area contributed by atoms with Crippen LogP contribution in [-0.4, -0.2) is 32.1 Å². The number of hydrogen-bond donors (Lipinski definition) is 1. The van der Waals surface area contributed by atoms with Crippen LogP contribution in [0.1, 0.15) is 23.7 Å². The van der Waals surface area contributed by atoms with Gasteiger partial charge in [-0.15, -0.1) is 0 Å². The molecule has 0 radical (unpaired) electrons. The average Bonchev–Trinajstić information content (AvgIpc) is 2.34. The van der Waals surface area contributed by atoms with Gasteiger partial charge in [-0.05, 0) is 44.2 Å². The summed E-state index contributed by atoms with van der Waals surface area (Å²) in [5.74, 6) is -0.354. The first-order chi connectivity index (χ1) is 8.24. The maximum absolute atomic E-state index is 12.6. The number of benzene rings is 1. The lowest BCUT2D eigenvalue weighted by Gasteiger charge is -2.04. The van der Waals surface area contributed by atoms with Crippen LogP contribution in [0.3, 0.4) is 0 Å². The van der Waals surface area contributed by atoms with Gasteiger partial charge in [0.25, 0.3) is 0 Å². The fraction of sp³-hybridized carbons (Fsp3) is 0.462. The first-order valence-corrected chi connectivity index (χ1v) is 5.81. The van der Waals surface area contributed by atoms with Gasteiger partial charge in [0.05, 0.1) is 6.54 Å². The molecule has 0 saturated carbocycles. The predicted octanol–water partition coefficient (Wildman–Crippen LogP) is 2.02. The lowest BCUT2D eigenvalue weighted by atomic mass is 10.1. The third-order valence-electron chi connectivity index (χ3n) is 2.30. The standard InChI is InChI=1S/C13H18FNO2/c1-2-17-9-3-8-15-10-13(16)11-4-6-12(14)7-5-11/h4-7,15H,2-3,8-10H2,1H3. The van der Waals surface area contributed by atoms with E-state index in [2.05, 4.69) is 5.32 Å². The van der Waals surface area contributed by atoms with Gasteiger partial charge in [-0.1, -0.05) is 0 Å². The van der Waals surface area contributed by atoms with Crippen LogP contribution in [0.4, 0.5) is 4.39 Å². The third-order valence-corrected chi connectivity index (χ3v) is 2.30. The van der Waals surface area contributed by atoms with Crippen molar-refractivity contribution in [3.63, 3.8) is 0 Å². The minimum absolute atomic E-state index is 0.0265. The molecule has 0 spiro atoms. The van der Waals surface area contributed by atoms with Gasteiger partial charge in [0.1, 0.15) is 5.82 Å². The molecule has 0 aliphatic rings. The highest BCUT2D eigenvalue weighted by atomic mass is 19.1. The van der Waals surface area contributed by atoms with Crippen molar-refractivity contribution in [2.45, 2.75) is 13.3 Å². The maximum Gasteiger partial charge on any atom is 0.176 e. The van der Waals surface area contributed by atoms with Gasteiger partial charge in [-0.3, -0.25) is 4.79 Å². The first kappa shape index (κ1) is 13.8.